The van der Waals surface area contributed by atoms with Crippen molar-refractivity contribution in [2.24, 2.45) is 0 Å². The Morgan fingerprint density at radius 2 is 1.42 bits per heavy atom. The predicted molar refractivity (Wildman–Crippen MR) is 250 cm³/mol. The third-order valence-electron chi connectivity index (χ3n) is 12.0. The van der Waals surface area contributed by atoms with Gasteiger partial charge in [0.05, 0.1) is 22.6 Å². The average Bonchev–Trinajstić information content (AvgIpc) is 4.08. The van der Waals surface area contributed by atoms with Crippen molar-refractivity contribution in [3.05, 3.63) is 178 Å². The van der Waals surface area contributed by atoms with Crippen LogP contribution in [0.25, 0.3) is 32.9 Å². The molecule has 2 aromatic heterocycles. The number of nitrogens with zero attached hydrogens (tertiary/aromatic N) is 4. The first-order valence-corrected chi connectivity index (χ1v) is 21.9. The van der Waals surface area contributed by atoms with Crippen molar-refractivity contribution in [2.75, 3.05) is 13.7 Å². The van der Waals surface area contributed by atoms with Gasteiger partial charge in [0.15, 0.2) is 5.75 Å². The third kappa shape index (κ3) is 8.39. The summed E-state index contributed by atoms with van der Waals surface area (Å²) < 4.78 is 44.1. The van der Waals surface area contributed by atoms with Crippen LogP contribution in [-0.4, -0.2) is 56.2 Å². The molecule has 0 saturated heterocycles. The second-order valence-corrected chi connectivity index (χ2v) is 17.7. The highest BCUT2D eigenvalue weighted by Crippen LogP contribution is 2.54. The number of hydrogen-bond donors (Lipinski definition) is 1. The first-order valence-electron chi connectivity index (χ1n) is 21.9. The zero-order chi connectivity index (χ0) is 45.5. The van der Waals surface area contributed by atoms with E-state index in [0.29, 0.717) is 44.7 Å². The van der Waals surface area contributed by atoms with Gasteiger partial charge in [-0.2, -0.15) is 15.1 Å². The molecule has 6 aromatic carbocycles. The first-order chi connectivity index (χ1) is 31.3. The quantitative estimate of drug-likeness (QED) is 0.100. The van der Waals surface area contributed by atoms with Crippen molar-refractivity contribution in [1.29, 1.82) is 0 Å². The lowest BCUT2D eigenvalue weighted by atomic mass is 9.77. The highest BCUT2D eigenvalue weighted by molar-refractivity contribution is 6.05. The van der Waals surface area contributed by atoms with Crippen molar-refractivity contribution in [3.8, 4) is 28.8 Å². The molecule has 1 aliphatic rings. The Morgan fingerprint density at radius 3 is 1.95 bits per heavy atom. The summed E-state index contributed by atoms with van der Waals surface area (Å²) in [6.07, 6.45) is 3.61. The molecule has 1 aliphatic carbocycles. The van der Waals surface area contributed by atoms with Crippen LogP contribution in [0, 0.1) is 12.7 Å². The highest BCUT2D eigenvalue weighted by Gasteiger charge is 2.41. The molecule has 0 radical (unpaired) electrons. The number of aromatic nitrogens is 4. The molecule has 9 rings (SSSR count). The van der Waals surface area contributed by atoms with Gasteiger partial charge in [-0.25, -0.2) is 9.18 Å². The molecular weight excluding hydrogens is 820 g/mol. The number of ether oxygens (including phenoxy) is 4. The van der Waals surface area contributed by atoms with Gasteiger partial charge < -0.3 is 24.1 Å². The maximum atomic E-state index is 16.9. The summed E-state index contributed by atoms with van der Waals surface area (Å²) >= 11 is 0. The first kappa shape index (κ1) is 43.2. The number of aromatic carboxylic acids is 1. The van der Waals surface area contributed by atoms with Crippen LogP contribution in [0.1, 0.15) is 90.2 Å². The Morgan fingerprint density at radius 1 is 0.815 bits per heavy atom. The largest absolute Gasteiger partial charge is 0.486 e. The lowest BCUT2D eigenvalue weighted by Gasteiger charge is -2.36. The van der Waals surface area contributed by atoms with E-state index >= 15 is 4.39 Å². The van der Waals surface area contributed by atoms with Gasteiger partial charge in [0.2, 0.25) is 5.88 Å². The number of carboxylic acids is 1. The molecule has 1 N–H and O–H groups in total. The van der Waals surface area contributed by atoms with E-state index in [1.54, 1.807) is 38.3 Å². The van der Waals surface area contributed by atoms with Crippen molar-refractivity contribution in [3.63, 3.8) is 0 Å². The van der Waals surface area contributed by atoms with Crippen molar-refractivity contribution in [1.82, 2.24) is 19.7 Å². The number of benzene rings is 6. The number of rotatable bonds is 15. The van der Waals surface area contributed by atoms with Gasteiger partial charge in [0.1, 0.15) is 35.7 Å². The van der Waals surface area contributed by atoms with Gasteiger partial charge in [-0.05, 0) is 105 Å². The van der Waals surface area contributed by atoms with Crippen LogP contribution in [-0.2, 0) is 16.9 Å². The van der Waals surface area contributed by atoms with Crippen LogP contribution in [0.2, 0.25) is 0 Å². The maximum absolute atomic E-state index is 16.9. The second-order valence-electron chi connectivity index (χ2n) is 17.7. The van der Waals surface area contributed by atoms with Gasteiger partial charge in [-0.1, -0.05) is 103 Å². The summed E-state index contributed by atoms with van der Waals surface area (Å²) in [5.41, 5.74) is 5.76. The summed E-state index contributed by atoms with van der Waals surface area (Å²) in [7, 11) is 1.61. The molecule has 11 heteroatoms. The number of fused-ring (bicyclic) bond motifs is 2. The lowest BCUT2D eigenvalue weighted by Crippen LogP contribution is -2.38. The van der Waals surface area contributed by atoms with Crippen molar-refractivity contribution in [2.45, 2.75) is 77.2 Å². The third-order valence-corrected chi connectivity index (χ3v) is 12.0. The Balaban J connectivity index is 1.36. The highest BCUT2D eigenvalue weighted by atomic mass is 19.1. The van der Waals surface area contributed by atoms with Crippen LogP contribution in [0.3, 0.4) is 0 Å². The van der Waals surface area contributed by atoms with E-state index in [1.165, 1.54) is 6.07 Å². The van der Waals surface area contributed by atoms with Crippen LogP contribution < -0.4 is 14.2 Å². The minimum absolute atomic E-state index is 0.0440. The van der Waals surface area contributed by atoms with Crippen LogP contribution >= 0.6 is 0 Å². The topological polar surface area (TPSA) is 118 Å². The predicted octanol–water partition coefficient (Wildman–Crippen LogP) is 11.7. The zero-order valence-electron chi connectivity index (χ0n) is 37.3. The Hall–Kier alpha value is -7.11. The van der Waals surface area contributed by atoms with Crippen LogP contribution in [0.15, 0.2) is 134 Å². The molecule has 0 aliphatic heterocycles. The number of hydrogen-bond acceptors (Lipinski definition) is 8. The zero-order valence-corrected chi connectivity index (χ0v) is 37.3. The lowest BCUT2D eigenvalue weighted by molar-refractivity contribution is 0.0668. The standard InChI is InChI=1S/C54H51FN4O6/c1-33(62-6)31-64-52-56-48-42(50(57-52)65-53(3,4)5)28-41(36-26-27-36)47(49(48)63-32-35-22-24-37(25-23-35)51(60)61)46-34(2)44(55)29-45-43(46)30-59(58-45)54(38-16-10-7-11-17-38,39-18-12-8-13-19-39)40-20-14-9-15-21-40/h7-25,28-30,33,36H,26-27,31-32H2,1-6H3,(H,60,61)/t33-/m0/s1. The summed E-state index contributed by atoms with van der Waals surface area (Å²) in [6.45, 7) is 9.75. The molecule has 0 amide bonds. The van der Waals surface area contributed by atoms with E-state index in [1.807, 2.05) is 93.2 Å². The number of carboxylic acid groups (broad SMARTS) is 1. The molecule has 0 bridgehead atoms. The summed E-state index contributed by atoms with van der Waals surface area (Å²) in [5.74, 6) is -0.614. The van der Waals surface area contributed by atoms with E-state index < -0.39 is 22.9 Å². The monoisotopic (exact) mass is 870 g/mol. The molecule has 0 unspecified atom stereocenters. The van der Waals surface area contributed by atoms with E-state index in [9.17, 15) is 9.90 Å². The van der Waals surface area contributed by atoms with Gasteiger partial charge in [0.25, 0.3) is 0 Å². The Kier molecular flexibility index (Phi) is 11.6. The molecule has 0 spiro atoms. The molecule has 2 heterocycles. The van der Waals surface area contributed by atoms with Crippen LogP contribution in [0.5, 0.6) is 17.6 Å². The molecular formula is C54H51FN4O6. The van der Waals surface area contributed by atoms with Crippen LogP contribution in [0.4, 0.5) is 4.39 Å². The summed E-state index contributed by atoms with van der Waals surface area (Å²) in [4.78, 5) is 21.6. The van der Waals surface area contributed by atoms with E-state index in [2.05, 4.69) is 42.5 Å². The molecule has 330 valence electrons. The smallest absolute Gasteiger partial charge is 0.335 e. The summed E-state index contributed by atoms with van der Waals surface area (Å²) in [5, 5.41) is 16.3. The minimum Gasteiger partial charge on any atom is -0.486 e. The maximum Gasteiger partial charge on any atom is 0.335 e. The fourth-order valence-corrected chi connectivity index (χ4v) is 8.58. The number of carbonyl (C=O) groups is 1. The fraction of sp³-hybridized carbons (Fsp3) is 0.259. The molecule has 10 nitrogen and oxygen atoms in total. The van der Waals surface area contributed by atoms with Gasteiger partial charge in [-0.15, -0.1) is 0 Å². The summed E-state index contributed by atoms with van der Waals surface area (Å²) in [6, 6.07) is 41.0. The second kappa shape index (κ2) is 17.5. The van der Waals surface area contributed by atoms with Gasteiger partial charge in [0, 0.05) is 35.9 Å². The van der Waals surface area contributed by atoms with E-state index in [0.717, 1.165) is 46.0 Å². The molecule has 65 heavy (non-hydrogen) atoms. The molecule has 1 saturated carbocycles. The van der Waals surface area contributed by atoms with Gasteiger partial charge >= 0.3 is 12.0 Å². The number of methoxy groups -OCH3 is 1. The number of halogens is 1. The average molecular weight is 871 g/mol. The molecule has 8 aromatic rings. The van der Waals surface area contributed by atoms with Gasteiger partial charge in [-0.3, -0.25) is 4.68 Å². The van der Waals surface area contributed by atoms with Crippen molar-refractivity contribution >= 4 is 27.8 Å². The molecule has 1 fully saturated rings. The Bertz CT molecular complexity index is 2910. The Labute approximate surface area is 377 Å². The van der Waals surface area contributed by atoms with Crippen molar-refractivity contribution < 1.29 is 33.2 Å². The minimum atomic E-state index is -1.02. The molecule has 1 atom stereocenters. The normalized spacial score (nSPS) is 13.5. The fourth-order valence-electron chi connectivity index (χ4n) is 8.58. The van der Waals surface area contributed by atoms with E-state index in [4.69, 9.17) is 34.0 Å². The van der Waals surface area contributed by atoms with E-state index in [-0.39, 0.29) is 36.8 Å². The SMILES string of the molecule is CO[C@@H](C)COc1nc(OC(C)(C)C)c2cc(C3CC3)c(-c3c(C)c(F)cc4nn(C(c5ccccc5)(c5ccccc5)c5ccccc5)cc34)c(OCc3ccc(C(=O)O)cc3)c2n1.